The molecule has 4 aliphatic rings. The first-order valence-corrected chi connectivity index (χ1v) is 7.21. The molecular weight excluding hydrogens is 258 g/mol. The zero-order valence-corrected chi connectivity index (χ0v) is 11.5. The van der Waals surface area contributed by atoms with E-state index in [1.54, 1.807) is 26.8 Å². The van der Waals surface area contributed by atoms with E-state index in [4.69, 9.17) is 0 Å². The van der Waals surface area contributed by atoms with E-state index in [0.717, 1.165) is 11.0 Å². The molecule has 0 atom stereocenters. The van der Waals surface area contributed by atoms with E-state index in [1.165, 1.54) is 45.6 Å². The van der Waals surface area contributed by atoms with Crippen LogP contribution in [0.1, 0.15) is 5.56 Å². The van der Waals surface area contributed by atoms with Crippen LogP contribution in [0.4, 0.5) is 5.69 Å². The molecule has 0 radical (unpaired) electrons. The van der Waals surface area contributed by atoms with Crippen molar-refractivity contribution in [2.24, 2.45) is 0 Å². The smallest absolute Gasteiger partial charge is 0.258 e. The average Bonchev–Trinajstić information content (AvgIpc) is 2.37. The molecule has 0 unspecified atom stereocenters. The summed E-state index contributed by atoms with van der Waals surface area (Å²) in [6.45, 7) is 8.45. The Balaban J connectivity index is 1.55. The summed E-state index contributed by atoms with van der Waals surface area (Å²) in [5.41, 5.74) is 1.41. The van der Waals surface area contributed by atoms with Gasteiger partial charge in [0.25, 0.3) is 5.69 Å². The lowest BCUT2D eigenvalue weighted by Gasteiger charge is -2.52. The van der Waals surface area contributed by atoms with Crippen molar-refractivity contribution in [2.45, 2.75) is 6.54 Å². The van der Waals surface area contributed by atoms with Gasteiger partial charge in [0.1, 0.15) is 6.54 Å². The van der Waals surface area contributed by atoms with E-state index in [-0.39, 0.29) is 10.6 Å². The number of rotatable bonds is 3. The van der Waals surface area contributed by atoms with Gasteiger partial charge in [-0.2, -0.15) is 19.2 Å². The zero-order valence-electron chi connectivity index (χ0n) is 11.5. The van der Waals surface area contributed by atoms with Gasteiger partial charge in [-0.1, -0.05) is 0 Å². The number of nitrogens with zero attached hydrogens (tertiary/aromatic N) is 2. The van der Waals surface area contributed by atoms with E-state index in [1.807, 2.05) is 12.1 Å². The summed E-state index contributed by atoms with van der Waals surface area (Å²) in [7, 11) is 0. The number of benzene rings is 1. The van der Waals surface area contributed by atoms with Gasteiger partial charge < -0.3 is 0 Å². The van der Waals surface area contributed by atoms with Gasteiger partial charge in [0.15, 0.2) is 0 Å². The number of quaternary nitrogens is 4. The second-order valence-electron chi connectivity index (χ2n) is 6.68. The highest BCUT2D eigenvalue weighted by molar-refractivity contribution is 5.32. The van der Waals surface area contributed by atoms with Crippen LogP contribution in [0.15, 0.2) is 24.3 Å². The van der Waals surface area contributed by atoms with Crippen molar-refractivity contribution in [1.82, 2.24) is 0 Å². The van der Waals surface area contributed by atoms with Gasteiger partial charge in [-0.25, -0.2) is 0 Å². The SMILES string of the molecule is O=[N+]([O-])c1ccc(C[N+]23C[NH+]4C[NH+](C[NH+](C4)C2)C3)cc1. The Morgan fingerprint density at radius 2 is 1.50 bits per heavy atom. The largest absolute Gasteiger partial charge is 0.269 e. The predicted molar refractivity (Wildman–Crippen MR) is 69.2 cm³/mol. The highest BCUT2D eigenvalue weighted by Crippen LogP contribution is 2.16. The minimum atomic E-state index is -0.328. The highest BCUT2D eigenvalue weighted by atomic mass is 16.6. The van der Waals surface area contributed by atoms with E-state index < -0.39 is 0 Å². The first kappa shape index (κ1) is 12.2. The summed E-state index contributed by atoms with van der Waals surface area (Å²) in [4.78, 5) is 15.5. The Morgan fingerprint density at radius 1 is 1.00 bits per heavy atom. The average molecular weight is 279 g/mol. The maximum atomic E-state index is 10.7. The summed E-state index contributed by atoms with van der Waals surface area (Å²) < 4.78 is 1.14. The first-order chi connectivity index (χ1) is 9.62. The number of nitrogens with one attached hydrogen (secondary N) is 3. The maximum Gasteiger partial charge on any atom is 0.269 e. The third-order valence-electron chi connectivity index (χ3n) is 4.84. The van der Waals surface area contributed by atoms with Gasteiger partial charge in [-0.05, 0) is 12.1 Å². The quantitative estimate of drug-likeness (QED) is 0.304. The summed E-state index contributed by atoms with van der Waals surface area (Å²) >= 11 is 0. The molecule has 1 aromatic rings. The summed E-state index contributed by atoms with van der Waals surface area (Å²) in [5, 5.41) is 10.7. The van der Waals surface area contributed by atoms with Crippen LogP contribution in [0.25, 0.3) is 0 Å². The van der Waals surface area contributed by atoms with E-state index >= 15 is 0 Å². The zero-order chi connectivity index (χ0) is 13.7. The molecule has 0 amide bonds. The fourth-order valence-electron chi connectivity index (χ4n) is 4.45. The van der Waals surface area contributed by atoms with Crippen LogP contribution in [0.2, 0.25) is 0 Å². The van der Waals surface area contributed by atoms with Crippen LogP contribution in [0.3, 0.4) is 0 Å². The van der Waals surface area contributed by atoms with Crippen molar-refractivity contribution in [2.75, 3.05) is 40.0 Å². The molecule has 0 spiro atoms. The normalized spacial score (nSPS) is 38.1. The third kappa shape index (κ3) is 1.99. The lowest BCUT2D eigenvalue weighted by Crippen LogP contribution is -3.57. The van der Waals surface area contributed by atoms with E-state index in [9.17, 15) is 10.1 Å². The van der Waals surface area contributed by atoms with Gasteiger partial charge in [-0.3, -0.25) is 10.1 Å². The second kappa shape index (κ2) is 4.23. The molecule has 20 heavy (non-hydrogen) atoms. The molecule has 4 bridgehead atoms. The Labute approximate surface area is 117 Å². The van der Waals surface area contributed by atoms with Crippen molar-refractivity contribution in [3.05, 3.63) is 39.9 Å². The summed E-state index contributed by atoms with van der Waals surface area (Å²) in [6, 6.07) is 7.12. The molecule has 0 saturated carbocycles. The number of nitro groups is 1. The summed E-state index contributed by atoms with van der Waals surface area (Å²) in [6.07, 6.45) is 0. The van der Waals surface area contributed by atoms with Crippen molar-refractivity contribution in [1.29, 1.82) is 0 Å². The van der Waals surface area contributed by atoms with E-state index in [0.29, 0.717) is 0 Å². The molecule has 0 aliphatic carbocycles. The topological polar surface area (TPSA) is 56.5 Å². The van der Waals surface area contributed by atoms with Crippen LogP contribution in [0.5, 0.6) is 0 Å². The van der Waals surface area contributed by atoms with Crippen LogP contribution < -0.4 is 14.7 Å². The predicted octanol–water partition coefficient (Wildman–Crippen LogP) is -3.65. The number of hydrogen-bond donors (Lipinski definition) is 3. The molecule has 7 nitrogen and oxygen atoms in total. The molecule has 5 rings (SSSR count). The lowest BCUT2D eigenvalue weighted by molar-refractivity contribution is -1.43. The van der Waals surface area contributed by atoms with Crippen LogP contribution in [-0.2, 0) is 6.54 Å². The molecule has 4 heterocycles. The first-order valence-electron chi connectivity index (χ1n) is 7.21. The molecule has 4 fully saturated rings. The fourth-order valence-corrected chi connectivity index (χ4v) is 4.45. The molecule has 3 N–H and O–H groups in total. The minimum Gasteiger partial charge on any atom is -0.258 e. The highest BCUT2D eigenvalue weighted by Gasteiger charge is 2.56. The monoisotopic (exact) mass is 279 g/mol. The molecule has 0 aromatic heterocycles. The number of hydrogen-bond acceptors (Lipinski definition) is 2. The van der Waals surface area contributed by atoms with Gasteiger partial charge in [-0.15, -0.1) is 0 Å². The van der Waals surface area contributed by atoms with Crippen molar-refractivity contribution in [3.8, 4) is 0 Å². The number of nitro benzene ring substituents is 1. The van der Waals surface area contributed by atoms with Crippen LogP contribution in [0, 0.1) is 10.1 Å². The second-order valence-corrected chi connectivity index (χ2v) is 6.68. The van der Waals surface area contributed by atoms with Gasteiger partial charge in [0.05, 0.1) is 4.92 Å². The Morgan fingerprint density at radius 3 is 1.95 bits per heavy atom. The van der Waals surface area contributed by atoms with Crippen molar-refractivity contribution < 1.29 is 24.1 Å². The van der Waals surface area contributed by atoms with Gasteiger partial charge in [0, 0.05) is 17.7 Å². The molecule has 106 valence electrons. The molecule has 1 aromatic carbocycles. The molecular formula is C13H21N5O2+4. The number of non-ortho nitro benzene ring substituents is 1. The van der Waals surface area contributed by atoms with E-state index in [2.05, 4.69) is 0 Å². The lowest BCUT2D eigenvalue weighted by atomic mass is 10.1. The summed E-state index contributed by atoms with van der Waals surface area (Å²) in [5.74, 6) is 0. The van der Waals surface area contributed by atoms with Crippen LogP contribution >= 0.6 is 0 Å². The van der Waals surface area contributed by atoms with Crippen molar-refractivity contribution >= 4 is 5.69 Å². The standard InChI is InChI=1S/C13H18N5O2/c19-17(20)13-3-1-12(2-4-13)5-18-9-14-6-15(10-18)8-16(7-14)11-18/h1-4H,5-11H2/q+1/p+3. The van der Waals surface area contributed by atoms with Gasteiger partial charge >= 0.3 is 0 Å². The third-order valence-corrected chi connectivity index (χ3v) is 4.84. The van der Waals surface area contributed by atoms with Crippen molar-refractivity contribution in [3.63, 3.8) is 0 Å². The maximum absolute atomic E-state index is 10.7. The Kier molecular flexibility index (Phi) is 2.58. The molecule has 7 heteroatoms. The van der Waals surface area contributed by atoms with Crippen LogP contribution in [-0.4, -0.2) is 49.4 Å². The van der Waals surface area contributed by atoms with Gasteiger partial charge in [0.2, 0.25) is 40.0 Å². The molecule has 4 saturated heterocycles. The fraction of sp³-hybridized carbons (Fsp3) is 0.538. The molecule has 4 aliphatic heterocycles. The Bertz CT molecular complexity index is 509. The Hall–Kier alpha value is -1.54. The minimum absolute atomic E-state index is 0.185.